The van der Waals surface area contributed by atoms with E-state index in [0.29, 0.717) is 6.04 Å². The Bertz CT molecular complexity index is 526. The molecule has 1 aliphatic rings. The highest BCUT2D eigenvalue weighted by Crippen LogP contribution is 2.26. The Labute approximate surface area is 131 Å². The van der Waals surface area contributed by atoms with Crippen LogP contribution in [0.15, 0.2) is 41.8 Å². The molecule has 4 heteroatoms. The van der Waals surface area contributed by atoms with Crippen molar-refractivity contribution in [3.63, 3.8) is 0 Å². The van der Waals surface area contributed by atoms with Crippen LogP contribution in [0.1, 0.15) is 11.8 Å². The van der Waals surface area contributed by atoms with Crippen molar-refractivity contribution in [3.05, 3.63) is 46.7 Å². The molecule has 1 N–H and O–H groups in total. The van der Waals surface area contributed by atoms with Gasteiger partial charge in [-0.25, -0.2) is 0 Å². The molecule has 1 unspecified atom stereocenters. The third-order valence-corrected chi connectivity index (χ3v) is 4.51. The lowest BCUT2D eigenvalue weighted by molar-refractivity contribution is 0.201. The van der Waals surface area contributed by atoms with E-state index in [2.05, 4.69) is 58.9 Å². The molecule has 20 heavy (non-hydrogen) atoms. The van der Waals surface area contributed by atoms with E-state index >= 15 is 0 Å². The van der Waals surface area contributed by atoms with Gasteiger partial charge in [-0.15, -0.1) is 23.7 Å². The van der Waals surface area contributed by atoms with Gasteiger partial charge in [0.05, 0.1) is 0 Å². The van der Waals surface area contributed by atoms with Crippen LogP contribution in [0.2, 0.25) is 0 Å². The molecule has 0 amide bonds. The second-order valence-electron chi connectivity index (χ2n) is 5.26. The second kappa shape index (κ2) is 7.23. The van der Waals surface area contributed by atoms with Crippen LogP contribution in [0.25, 0.3) is 11.1 Å². The van der Waals surface area contributed by atoms with Crippen LogP contribution in [0.5, 0.6) is 0 Å². The maximum atomic E-state index is 3.49. The fourth-order valence-corrected chi connectivity index (χ4v) is 3.56. The van der Waals surface area contributed by atoms with Gasteiger partial charge in [-0.05, 0) is 29.5 Å². The summed E-state index contributed by atoms with van der Waals surface area (Å²) >= 11 is 1.88. The quantitative estimate of drug-likeness (QED) is 0.931. The van der Waals surface area contributed by atoms with E-state index in [0.717, 1.165) is 26.2 Å². The molecule has 1 aliphatic heterocycles. The van der Waals surface area contributed by atoms with E-state index < -0.39 is 0 Å². The second-order valence-corrected chi connectivity index (χ2v) is 6.25. The van der Waals surface area contributed by atoms with Gasteiger partial charge in [0.25, 0.3) is 0 Å². The Balaban J connectivity index is 0.00000147. The first-order valence-corrected chi connectivity index (χ1v) is 7.78. The lowest BCUT2D eigenvalue weighted by Gasteiger charge is -2.31. The van der Waals surface area contributed by atoms with Crippen molar-refractivity contribution in [2.75, 3.05) is 19.6 Å². The van der Waals surface area contributed by atoms with Crippen molar-refractivity contribution in [2.24, 2.45) is 0 Å². The maximum Gasteiger partial charge on any atom is 0.0329 e. The minimum atomic E-state index is 0. The SMILES string of the molecule is CC1CN(Cc2cc(-c3ccccc3)cs2)CCN1.Cl. The molecule has 2 nitrogen and oxygen atoms in total. The van der Waals surface area contributed by atoms with Gasteiger partial charge in [0.15, 0.2) is 0 Å². The van der Waals surface area contributed by atoms with E-state index in [1.807, 2.05) is 11.3 Å². The number of halogens is 1. The van der Waals surface area contributed by atoms with Gasteiger partial charge in [-0.2, -0.15) is 0 Å². The summed E-state index contributed by atoms with van der Waals surface area (Å²) in [6.07, 6.45) is 0. The molecular formula is C16H21ClN2S. The van der Waals surface area contributed by atoms with E-state index in [9.17, 15) is 0 Å². The lowest BCUT2D eigenvalue weighted by Crippen LogP contribution is -2.48. The third kappa shape index (κ3) is 3.83. The van der Waals surface area contributed by atoms with Gasteiger partial charge in [0, 0.05) is 37.1 Å². The molecule has 3 rings (SSSR count). The van der Waals surface area contributed by atoms with E-state index in [-0.39, 0.29) is 12.4 Å². The zero-order valence-electron chi connectivity index (χ0n) is 11.7. The van der Waals surface area contributed by atoms with Gasteiger partial charge in [0.1, 0.15) is 0 Å². The Morgan fingerprint density at radius 2 is 2.05 bits per heavy atom. The summed E-state index contributed by atoms with van der Waals surface area (Å²) in [6, 6.07) is 13.6. The van der Waals surface area contributed by atoms with Crippen molar-refractivity contribution in [2.45, 2.75) is 19.5 Å². The Morgan fingerprint density at radius 3 is 2.80 bits per heavy atom. The molecule has 1 aromatic heterocycles. The summed E-state index contributed by atoms with van der Waals surface area (Å²) in [5.74, 6) is 0. The van der Waals surface area contributed by atoms with Crippen LogP contribution in [0.4, 0.5) is 0 Å². The predicted molar refractivity (Wildman–Crippen MR) is 89.7 cm³/mol. The van der Waals surface area contributed by atoms with E-state index in [4.69, 9.17) is 0 Å². The van der Waals surface area contributed by atoms with Crippen molar-refractivity contribution < 1.29 is 0 Å². The number of hydrogen-bond acceptors (Lipinski definition) is 3. The van der Waals surface area contributed by atoms with Gasteiger partial charge in [0.2, 0.25) is 0 Å². The van der Waals surface area contributed by atoms with Crippen LogP contribution in [-0.2, 0) is 6.54 Å². The number of benzene rings is 1. The molecule has 1 atom stereocenters. The number of piperazine rings is 1. The van der Waals surface area contributed by atoms with Crippen molar-refractivity contribution in [1.82, 2.24) is 10.2 Å². The lowest BCUT2D eigenvalue weighted by atomic mass is 10.1. The first-order valence-electron chi connectivity index (χ1n) is 6.90. The predicted octanol–water partition coefficient (Wildman–Crippen LogP) is 3.63. The standard InChI is InChI=1S/C16H20N2S.ClH/c1-13-10-18(8-7-17-13)11-16-9-15(12-19-16)14-5-3-2-4-6-14;/h2-6,9,12-13,17H,7-8,10-11H2,1H3;1H. The van der Waals surface area contributed by atoms with E-state index in [1.54, 1.807) is 0 Å². The molecule has 2 heterocycles. The monoisotopic (exact) mass is 308 g/mol. The number of rotatable bonds is 3. The molecular weight excluding hydrogens is 288 g/mol. The summed E-state index contributed by atoms with van der Waals surface area (Å²) < 4.78 is 0. The molecule has 0 saturated carbocycles. The Hall–Kier alpha value is -0.870. The van der Waals surface area contributed by atoms with Crippen molar-refractivity contribution >= 4 is 23.7 Å². The van der Waals surface area contributed by atoms with Gasteiger partial charge in [-0.1, -0.05) is 30.3 Å². The van der Waals surface area contributed by atoms with Crippen molar-refractivity contribution in [3.8, 4) is 11.1 Å². The summed E-state index contributed by atoms with van der Waals surface area (Å²) in [6.45, 7) is 6.76. The zero-order valence-corrected chi connectivity index (χ0v) is 13.3. The van der Waals surface area contributed by atoms with Gasteiger partial charge in [-0.3, -0.25) is 4.90 Å². The van der Waals surface area contributed by atoms with Crippen LogP contribution in [-0.4, -0.2) is 30.6 Å². The fourth-order valence-electron chi connectivity index (χ4n) is 2.62. The van der Waals surface area contributed by atoms with E-state index in [1.165, 1.54) is 16.0 Å². The fraction of sp³-hybridized carbons (Fsp3) is 0.375. The normalized spacial score (nSPS) is 19.6. The highest BCUT2D eigenvalue weighted by Gasteiger charge is 2.16. The number of hydrogen-bond donors (Lipinski definition) is 1. The molecule has 108 valence electrons. The molecule has 1 aromatic carbocycles. The molecule has 1 fully saturated rings. The van der Waals surface area contributed by atoms with Gasteiger partial charge >= 0.3 is 0 Å². The average Bonchev–Trinajstić information content (AvgIpc) is 2.88. The molecule has 0 bridgehead atoms. The summed E-state index contributed by atoms with van der Waals surface area (Å²) in [4.78, 5) is 4.01. The zero-order chi connectivity index (χ0) is 13.1. The van der Waals surface area contributed by atoms with Crippen LogP contribution >= 0.6 is 23.7 Å². The first kappa shape index (κ1) is 15.5. The summed E-state index contributed by atoms with van der Waals surface area (Å²) in [5, 5.41) is 5.76. The number of thiophene rings is 1. The third-order valence-electron chi connectivity index (χ3n) is 3.59. The molecule has 0 spiro atoms. The summed E-state index contributed by atoms with van der Waals surface area (Å²) in [7, 11) is 0. The molecule has 0 aliphatic carbocycles. The molecule has 0 radical (unpaired) electrons. The minimum Gasteiger partial charge on any atom is -0.312 e. The largest absolute Gasteiger partial charge is 0.312 e. The smallest absolute Gasteiger partial charge is 0.0329 e. The van der Waals surface area contributed by atoms with Crippen LogP contribution in [0.3, 0.4) is 0 Å². The number of nitrogens with one attached hydrogen (secondary N) is 1. The Morgan fingerprint density at radius 1 is 1.25 bits per heavy atom. The Kier molecular flexibility index (Phi) is 5.61. The van der Waals surface area contributed by atoms with Crippen LogP contribution in [0, 0.1) is 0 Å². The van der Waals surface area contributed by atoms with Crippen molar-refractivity contribution in [1.29, 1.82) is 0 Å². The molecule has 2 aromatic rings. The van der Waals surface area contributed by atoms with Gasteiger partial charge < -0.3 is 5.32 Å². The number of nitrogens with zero attached hydrogens (tertiary/aromatic N) is 1. The maximum absolute atomic E-state index is 3.49. The average molecular weight is 309 g/mol. The highest BCUT2D eigenvalue weighted by molar-refractivity contribution is 7.10. The molecule has 1 saturated heterocycles. The van der Waals surface area contributed by atoms with Crippen LogP contribution < -0.4 is 5.32 Å². The first-order chi connectivity index (χ1) is 9.31. The minimum absolute atomic E-state index is 0. The summed E-state index contributed by atoms with van der Waals surface area (Å²) in [5.41, 5.74) is 2.67. The highest BCUT2D eigenvalue weighted by atomic mass is 35.5. The topological polar surface area (TPSA) is 15.3 Å².